The van der Waals surface area contributed by atoms with Crippen molar-refractivity contribution in [3.63, 3.8) is 0 Å². The smallest absolute Gasteiger partial charge is 0.191 e. The Morgan fingerprint density at radius 2 is 2.04 bits per heavy atom. The van der Waals surface area contributed by atoms with Crippen molar-refractivity contribution in [2.45, 2.75) is 44.9 Å². The van der Waals surface area contributed by atoms with Gasteiger partial charge in [0, 0.05) is 25.7 Å². The van der Waals surface area contributed by atoms with Crippen molar-refractivity contribution in [3.05, 3.63) is 24.3 Å². The summed E-state index contributed by atoms with van der Waals surface area (Å²) in [5.74, 6) is 1.58. The number of nitrogens with one attached hydrogen (secondary N) is 2. The number of aliphatic imine (C=N–C) groups is 1. The van der Waals surface area contributed by atoms with Crippen molar-refractivity contribution in [2.75, 3.05) is 43.9 Å². The Labute approximate surface area is 169 Å². The Kier molecular flexibility index (Phi) is 7.57. The number of hydrogen-bond donors (Lipinski definition) is 2. The van der Waals surface area contributed by atoms with Gasteiger partial charge in [-0.2, -0.15) is 0 Å². The number of benzene rings is 1. The minimum atomic E-state index is -3.17. The molecule has 0 spiro atoms. The topological polar surface area (TPSA) is 83.0 Å². The summed E-state index contributed by atoms with van der Waals surface area (Å²) in [4.78, 5) is 6.77. The molecule has 1 saturated heterocycles. The highest BCUT2D eigenvalue weighted by molar-refractivity contribution is 7.92. The van der Waals surface area contributed by atoms with E-state index < -0.39 is 14.6 Å². The second-order valence-corrected chi connectivity index (χ2v) is 10.8. The summed E-state index contributed by atoms with van der Waals surface area (Å²) in [6, 6.07) is 8.26. The van der Waals surface area contributed by atoms with Gasteiger partial charge in [0.05, 0.1) is 29.8 Å². The number of ether oxygens (including phenoxy) is 1. The second kappa shape index (κ2) is 9.49. The lowest BCUT2D eigenvalue weighted by atomic mass is 10.2. The molecule has 1 aliphatic rings. The van der Waals surface area contributed by atoms with Crippen LogP contribution < -0.4 is 20.3 Å². The van der Waals surface area contributed by atoms with Gasteiger partial charge in [0.2, 0.25) is 0 Å². The number of rotatable bonds is 7. The van der Waals surface area contributed by atoms with E-state index in [1.165, 1.54) is 0 Å². The van der Waals surface area contributed by atoms with E-state index in [0.29, 0.717) is 5.96 Å². The molecule has 7 nitrogen and oxygen atoms in total. The molecule has 1 heterocycles. The van der Waals surface area contributed by atoms with Gasteiger partial charge in [0.15, 0.2) is 15.8 Å². The Bertz CT molecular complexity index is 772. The predicted molar refractivity (Wildman–Crippen MR) is 116 cm³/mol. The molecule has 28 heavy (non-hydrogen) atoms. The molecule has 1 atom stereocenters. The third kappa shape index (κ3) is 5.77. The largest absolute Gasteiger partial charge is 0.495 e. The van der Waals surface area contributed by atoms with Gasteiger partial charge in [0.25, 0.3) is 0 Å². The summed E-state index contributed by atoms with van der Waals surface area (Å²) in [6.07, 6.45) is 0.975. The zero-order valence-corrected chi connectivity index (χ0v) is 18.5. The van der Waals surface area contributed by atoms with Crippen LogP contribution in [-0.4, -0.2) is 64.2 Å². The maximum Gasteiger partial charge on any atom is 0.191 e. The van der Waals surface area contributed by atoms with Gasteiger partial charge in [-0.1, -0.05) is 12.1 Å². The van der Waals surface area contributed by atoms with E-state index >= 15 is 0 Å². The molecule has 2 N–H and O–H groups in total. The Morgan fingerprint density at radius 3 is 2.68 bits per heavy atom. The van der Waals surface area contributed by atoms with Crippen LogP contribution in [0.4, 0.5) is 5.69 Å². The molecule has 1 aromatic rings. The van der Waals surface area contributed by atoms with Crippen LogP contribution in [0.5, 0.6) is 5.75 Å². The number of guanidine groups is 1. The van der Waals surface area contributed by atoms with E-state index in [2.05, 4.69) is 26.6 Å². The molecular formula is C20H34N4O3S. The molecule has 0 aromatic heterocycles. The van der Waals surface area contributed by atoms with Gasteiger partial charge in [-0.3, -0.25) is 4.99 Å². The van der Waals surface area contributed by atoms with Crippen LogP contribution in [0.15, 0.2) is 29.3 Å². The summed E-state index contributed by atoms with van der Waals surface area (Å²) < 4.78 is 29.3. The number of para-hydroxylation sites is 2. The molecule has 1 unspecified atom stereocenters. The van der Waals surface area contributed by atoms with Crippen molar-refractivity contribution in [3.8, 4) is 5.75 Å². The number of sulfone groups is 1. The van der Waals surface area contributed by atoms with Gasteiger partial charge in [-0.25, -0.2) is 8.42 Å². The first-order valence-corrected chi connectivity index (χ1v) is 11.5. The first-order chi connectivity index (χ1) is 13.2. The van der Waals surface area contributed by atoms with Crippen LogP contribution >= 0.6 is 0 Å². The summed E-state index contributed by atoms with van der Waals surface area (Å²) in [7, 11) is -1.49. The second-order valence-electron chi connectivity index (χ2n) is 7.94. The SMILES string of the molecule is CCNC(=NCCS(=O)(=O)C(C)(C)C)NC1CCN(c2ccccc2OC)C1. The first-order valence-electron chi connectivity index (χ1n) is 9.83. The molecular weight excluding hydrogens is 376 g/mol. The number of methoxy groups -OCH3 is 1. The maximum atomic E-state index is 12.3. The molecule has 1 fully saturated rings. The number of nitrogens with zero attached hydrogens (tertiary/aromatic N) is 2. The normalized spacial score (nSPS) is 18.2. The van der Waals surface area contributed by atoms with Crippen LogP contribution in [0, 0.1) is 0 Å². The molecule has 0 aliphatic carbocycles. The van der Waals surface area contributed by atoms with Crippen molar-refractivity contribution < 1.29 is 13.2 Å². The minimum Gasteiger partial charge on any atom is -0.495 e. The lowest BCUT2D eigenvalue weighted by Crippen LogP contribution is -2.45. The first kappa shape index (κ1) is 22.3. The van der Waals surface area contributed by atoms with Gasteiger partial charge in [-0.15, -0.1) is 0 Å². The average Bonchev–Trinajstić information content (AvgIpc) is 3.09. The van der Waals surface area contributed by atoms with Crippen LogP contribution in [0.1, 0.15) is 34.1 Å². The summed E-state index contributed by atoms with van der Waals surface area (Å²) >= 11 is 0. The predicted octanol–water partition coefficient (Wildman–Crippen LogP) is 2.04. The van der Waals surface area contributed by atoms with E-state index in [0.717, 1.165) is 37.5 Å². The molecule has 0 saturated carbocycles. The van der Waals surface area contributed by atoms with E-state index in [9.17, 15) is 8.42 Å². The molecule has 0 radical (unpaired) electrons. The Morgan fingerprint density at radius 1 is 1.32 bits per heavy atom. The summed E-state index contributed by atoms with van der Waals surface area (Å²) in [6.45, 7) is 9.90. The molecule has 1 aromatic carbocycles. The fourth-order valence-electron chi connectivity index (χ4n) is 3.09. The number of hydrogen-bond acceptors (Lipinski definition) is 5. The molecule has 8 heteroatoms. The zero-order chi connectivity index (χ0) is 20.8. The summed E-state index contributed by atoms with van der Waals surface area (Å²) in [5.41, 5.74) is 1.09. The number of anilines is 1. The molecule has 0 bridgehead atoms. The van der Waals surface area contributed by atoms with Crippen molar-refractivity contribution in [1.82, 2.24) is 10.6 Å². The lowest BCUT2D eigenvalue weighted by Gasteiger charge is -2.22. The quantitative estimate of drug-likeness (QED) is 0.529. The molecule has 0 amide bonds. The molecule has 158 valence electrons. The maximum absolute atomic E-state index is 12.3. The zero-order valence-electron chi connectivity index (χ0n) is 17.7. The van der Waals surface area contributed by atoms with E-state index in [1.54, 1.807) is 27.9 Å². The van der Waals surface area contributed by atoms with Crippen LogP contribution in [-0.2, 0) is 9.84 Å². The fraction of sp³-hybridized carbons (Fsp3) is 0.650. The highest BCUT2D eigenvalue weighted by Gasteiger charge is 2.28. The van der Waals surface area contributed by atoms with E-state index in [-0.39, 0.29) is 18.3 Å². The van der Waals surface area contributed by atoms with Gasteiger partial charge in [-0.05, 0) is 46.2 Å². The van der Waals surface area contributed by atoms with Crippen molar-refractivity contribution in [2.24, 2.45) is 4.99 Å². The van der Waals surface area contributed by atoms with Crippen molar-refractivity contribution >= 4 is 21.5 Å². The Hall–Kier alpha value is -1.96. The standard InChI is InChI=1S/C20H34N4O3S/c1-6-21-19(22-12-14-28(25,26)20(2,3)4)23-16-11-13-24(15-16)17-9-7-8-10-18(17)27-5/h7-10,16H,6,11-15H2,1-5H3,(H2,21,22,23). The molecule has 1 aliphatic heterocycles. The highest BCUT2D eigenvalue weighted by Crippen LogP contribution is 2.30. The van der Waals surface area contributed by atoms with Gasteiger partial charge >= 0.3 is 0 Å². The third-order valence-corrected chi connectivity index (χ3v) is 7.45. The van der Waals surface area contributed by atoms with Crippen LogP contribution in [0.25, 0.3) is 0 Å². The van der Waals surface area contributed by atoms with Crippen LogP contribution in [0.2, 0.25) is 0 Å². The lowest BCUT2D eigenvalue weighted by molar-refractivity contribution is 0.415. The fourth-order valence-corrected chi connectivity index (χ4v) is 4.03. The van der Waals surface area contributed by atoms with Crippen LogP contribution in [0.3, 0.4) is 0 Å². The average molecular weight is 411 g/mol. The van der Waals surface area contributed by atoms with Gasteiger partial charge in [0.1, 0.15) is 5.75 Å². The molecule has 2 rings (SSSR count). The monoisotopic (exact) mass is 410 g/mol. The van der Waals surface area contributed by atoms with Gasteiger partial charge < -0.3 is 20.3 Å². The summed E-state index contributed by atoms with van der Waals surface area (Å²) in [5, 5.41) is 6.65. The minimum absolute atomic E-state index is 0.0467. The van der Waals surface area contributed by atoms with E-state index in [4.69, 9.17) is 4.74 Å². The van der Waals surface area contributed by atoms with E-state index in [1.807, 2.05) is 25.1 Å². The highest BCUT2D eigenvalue weighted by atomic mass is 32.2. The van der Waals surface area contributed by atoms with Crippen molar-refractivity contribution in [1.29, 1.82) is 0 Å². The third-order valence-electron chi connectivity index (χ3n) is 4.86. The Balaban J connectivity index is 1.97.